The van der Waals surface area contributed by atoms with Crippen LogP contribution in [0.15, 0.2) is 29.8 Å². The van der Waals surface area contributed by atoms with Crippen molar-refractivity contribution in [1.82, 2.24) is 19.8 Å². The second-order valence-electron chi connectivity index (χ2n) is 9.75. The summed E-state index contributed by atoms with van der Waals surface area (Å²) in [6.45, 7) is 3.44. The molecule has 4 heterocycles. The number of piperidine rings is 1. The number of nitrogens with one attached hydrogen (secondary N) is 1. The van der Waals surface area contributed by atoms with Gasteiger partial charge in [-0.3, -0.25) is 9.69 Å². The highest BCUT2D eigenvalue weighted by Crippen LogP contribution is 2.50. The number of amides is 1. The van der Waals surface area contributed by atoms with Gasteiger partial charge in [0.1, 0.15) is 10.8 Å². The summed E-state index contributed by atoms with van der Waals surface area (Å²) in [5.41, 5.74) is 3.21. The summed E-state index contributed by atoms with van der Waals surface area (Å²) in [6, 6.07) is 5.86. The van der Waals surface area contributed by atoms with Crippen molar-refractivity contribution in [2.75, 3.05) is 33.4 Å². The van der Waals surface area contributed by atoms with Gasteiger partial charge in [0, 0.05) is 52.1 Å². The standard InChI is InChI=1S/C25H30N4O3S/c1-32-17-4-5-18-19(12-17)27-23-20(14-30)29(24(31)16-2-3-16)15-25(22(18)23)6-9-28(10-7-25)13-21-26-8-11-33-21/h4-5,8,11-12,16,20,27,30H,2-3,6-7,9-10,13-15H2,1H3/t20-/m0/s1. The van der Waals surface area contributed by atoms with Crippen molar-refractivity contribution in [2.24, 2.45) is 5.92 Å². The fourth-order valence-corrected chi connectivity index (χ4v) is 6.53. The van der Waals surface area contributed by atoms with Gasteiger partial charge in [0.25, 0.3) is 0 Å². The molecule has 1 saturated heterocycles. The third-order valence-corrected chi connectivity index (χ3v) is 8.55. The van der Waals surface area contributed by atoms with Crippen LogP contribution in [0.5, 0.6) is 5.75 Å². The Morgan fingerprint density at radius 3 is 2.82 bits per heavy atom. The lowest BCUT2D eigenvalue weighted by Gasteiger charge is -2.50. The molecule has 7 nitrogen and oxygen atoms in total. The molecule has 174 valence electrons. The molecule has 0 unspecified atom stereocenters. The van der Waals surface area contributed by atoms with Crippen molar-refractivity contribution in [3.8, 4) is 5.75 Å². The van der Waals surface area contributed by atoms with Crippen LogP contribution in [0.25, 0.3) is 10.9 Å². The average molecular weight is 467 g/mol. The molecule has 1 aromatic carbocycles. The maximum Gasteiger partial charge on any atom is 0.226 e. The van der Waals surface area contributed by atoms with E-state index in [4.69, 9.17) is 4.74 Å². The molecule has 0 radical (unpaired) electrons. The van der Waals surface area contributed by atoms with Crippen molar-refractivity contribution in [3.05, 3.63) is 46.0 Å². The molecule has 0 bridgehead atoms. The fourth-order valence-electron chi connectivity index (χ4n) is 5.87. The van der Waals surface area contributed by atoms with Crippen LogP contribution in [0.2, 0.25) is 0 Å². The number of benzene rings is 1. The molecule has 33 heavy (non-hydrogen) atoms. The van der Waals surface area contributed by atoms with Gasteiger partial charge in [0.05, 0.1) is 26.3 Å². The smallest absolute Gasteiger partial charge is 0.226 e. The van der Waals surface area contributed by atoms with Crippen LogP contribution in [-0.4, -0.2) is 64.1 Å². The Morgan fingerprint density at radius 2 is 2.15 bits per heavy atom. The molecule has 2 aliphatic heterocycles. The van der Waals surface area contributed by atoms with Gasteiger partial charge in [0.15, 0.2) is 0 Å². The van der Waals surface area contributed by atoms with E-state index in [1.54, 1.807) is 18.4 Å². The normalized spacial score (nSPS) is 22.6. The topological polar surface area (TPSA) is 81.7 Å². The molecule has 3 aliphatic rings. The number of likely N-dealkylation sites (tertiary alicyclic amines) is 1. The van der Waals surface area contributed by atoms with Crippen LogP contribution in [-0.2, 0) is 16.8 Å². The number of aliphatic hydroxyl groups excluding tert-OH is 1. The number of rotatable bonds is 5. The zero-order valence-corrected chi connectivity index (χ0v) is 19.7. The number of methoxy groups -OCH3 is 1. The van der Waals surface area contributed by atoms with E-state index in [1.165, 1.54) is 10.9 Å². The average Bonchev–Trinajstić information content (AvgIpc) is 3.43. The SMILES string of the molecule is COc1ccc2c3c([nH]c2c1)[C@H](CO)N(C(=O)C1CC1)CC31CCN(Cc2nccs2)CC1. The van der Waals surface area contributed by atoms with Crippen LogP contribution in [0.4, 0.5) is 0 Å². The second-order valence-corrected chi connectivity index (χ2v) is 10.7. The monoisotopic (exact) mass is 466 g/mol. The minimum Gasteiger partial charge on any atom is -0.497 e. The van der Waals surface area contributed by atoms with Gasteiger partial charge in [-0.25, -0.2) is 4.98 Å². The Bertz CT molecular complexity index is 1160. The van der Waals surface area contributed by atoms with Crippen LogP contribution in [0.1, 0.15) is 48.0 Å². The number of H-pyrrole nitrogens is 1. The van der Waals surface area contributed by atoms with Crippen molar-refractivity contribution < 1.29 is 14.6 Å². The largest absolute Gasteiger partial charge is 0.497 e. The first kappa shape index (κ1) is 21.1. The first-order chi connectivity index (χ1) is 16.1. The maximum atomic E-state index is 13.3. The molecule has 1 saturated carbocycles. The molecule has 6 rings (SSSR count). The molecule has 2 aromatic heterocycles. The van der Waals surface area contributed by atoms with E-state index < -0.39 is 0 Å². The molecule has 1 atom stereocenters. The fraction of sp³-hybridized carbons (Fsp3) is 0.520. The Labute approximate surface area is 197 Å². The van der Waals surface area contributed by atoms with Crippen molar-refractivity contribution in [2.45, 2.75) is 43.7 Å². The summed E-state index contributed by atoms with van der Waals surface area (Å²) in [4.78, 5) is 25.8. The summed E-state index contributed by atoms with van der Waals surface area (Å²) in [7, 11) is 1.68. The van der Waals surface area contributed by atoms with Gasteiger partial charge in [-0.15, -0.1) is 11.3 Å². The maximum absolute atomic E-state index is 13.3. The minimum absolute atomic E-state index is 0.0678. The number of hydrogen-bond acceptors (Lipinski definition) is 6. The van der Waals surface area contributed by atoms with E-state index in [1.807, 2.05) is 28.6 Å². The molecule has 1 spiro atoms. The Kier molecular flexibility index (Phi) is 5.19. The van der Waals surface area contributed by atoms with Crippen LogP contribution in [0.3, 0.4) is 0 Å². The number of thiazole rings is 1. The summed E-state index contributed by atoms with van der Waals surface area (Å²) in [5.74, 6) is 1.15. The number of carbonyl (C=O) groups is 1. The highest BCUT2D eigenvalue weighted by atomic mass is 32.1. The summed E-state index contributed by atoms with van der Waals surface area (Å²) in [6.07, 6.45) is 5.78. The van der Waals surface area contributed by atoms with Crippen molar-refractivity contribution in [1.29, 1.82) is 0 Å². The van der Waals surface area contributed by atoms with Gasteiger partial charge in [0.2, 0.25) is 5.91 Å². The second kappa shape index (κ2) is 8.11. The van der Waals surface area contributed by atoms with Crippen molar-refractivity contribution >= 4 is 28.1 Å². The number of nitrogens with zero attached hydrogens (tertiary/aromatic N) is 3. The van der Waals surface area contributed by atoms with Gasteiger partial charge < -0.3 is 19.7 Å². The van der Waals surface area contributed by atoms with Gasteiger partial charge in [-0.1, -0.05) is 0 Å². The lowest BCUT2D eigenvalue weighted by molar-refractivity contribution is -0.138. The Balaban J connectivity index is 1.40. The predicted molar refractivity (Wildman–Crippen MR) is 127 cm³/mol. The lowest BCUT2D eigenvalue weighted by atomic mass is 9.68. The summed E-state index contributed by atoms with van der Waals surface area (Å²) < 4.78 is 5.46. The summed E-state index contributed by atoms with van der Waals surface area (Å²) >= 11 is 1.71. The van der Waals surface area contributed by atoms with Gasteiger partial charge >= 0.3 is 0 Å². The van der Waals surface area contributed by atoms with E-state index >= 15 is 0 Å². The first-order valence-electron chi connectivity index (χ1n) is 11.8. The molecule has 2 N–H and O–H groups in total. The van der Waals surface area contributed by atoms with Gasteiger partial charge in [-0.05, 0) is 56.5 Å². The van der Waals surface area contributed by atoms with E-state index in [2.05, 4.69) is 20.9 Å². The number of aliphatic hydroxyl groups is 1. The number of hydrogen-bond donors (Lipinski definition) is 2. The first-order valence-corrected chi connectivity index (χ1v) is 12.7. The highest BCUT2D eigenvalue weighted by Gasteiger charge is 2.50. The zero-order chi connectivity index (χ0) is 22.6. The number of aromatic nitrogens is 2. The molecule has 1 aliphatic carbocycles. The van der Waals surface area contributed by atoms with E-state index in [9.17, 15) is 9.90 Å². The number of fused-ring (bicyclic) bond motifs is 4. The molecular weight excluding hydrogens is 436 g/mol. The molecular formula is C25H30N4O3S. The minimum atomic E-state index is -0.314. The lowest BCUT2D eigenvalue weighted by Crippen LogP contribution is -2.55. The highest BCUT2D eigenvalue weighted by molar-refractivity contribution is 7.09. The third-order valence-electron chi connectivity index (χ3n) is 7.79. The third kappa shape index (κ3) is 3.55. The zero-order valence-electron chi connectivity index (χ0n) is 18.9. The van der Waals surface area contributed by atoms with Crippen LogP contribution >= 0.6 is 11.3 Å². The molecule has 3 aromatic rings. The number of ether oxygens (including phenoxy) is 1. The van der Waals surface area contributed by atoms with Gasteiger partial charge in [-0.2, -0.15) is 0 Å². The number of aromatic amines is 1. The number of carbonyl (C=O) groups excluding carboxylic acids is 1. The molecule has 8 heteroatoms. The quantitative estimate of drug-likeness (QED) is 0.602. The summed E-state index contributed by atoms with van der Waals surface area (Å²) in [5, 5.41) is 14.8. The molecule has 1 amide bonds. The Morgan fingerprint density at radius 1 is 1.33 bits per heavy atom. The van der Waals surface area contributed by atoms with E-state index in [0.29, 0.717) is 6.54 Å². The van der Waals surface area contributed by atoms with E-state index in [-0.39, 0.29) is 29.9 Å². The molecule has 2 fully saturated rings. The van der Waals surface area contributed by atoms with Crippen molar-refractivity contribution in [3.63, 3.8) is 0 Å². The van der Waals surface area contributed by atoms with Crippen LogP contribution < -0.4 is 4.74 Å². The predicted octanol–water partition coefficient (Wildman–Crippen LogP) is 3.45. The Hall–Kier alpha value is -2.42. The van der Waals surface area contributed by atoms with E-state index in [0.717, 1.165) is 67.3 Å². The van der Waals surface area contributed by atoms with Crippen LogP contribution in [0, 0.1) is 5.92 Å².